The maximum atomic E-state index is 13.3. The van der Waals surface area contributed by atoms with Gasteiger partial charge in [0.15, 0.2) is 0 Å². The second-order valence-corrected chi connectivity index (χ2v) is 19.6. The van der Waals surface area contributed by atoms with Crippen LogP contribution in [0.2, 0.25) is 0 Å². The lowest BCUT2D eigenvalue weighted by molar-refractivity contribution is -0.152. The molecule has 0 saturated heterocycles. The molecule has 1 saturated carbocycles. The van der Waals surface area contributed by atoms with Crippen molar-refractivity contribution >= 4 is 17.9 Å². The van der Waals surface area contributed by atoms with Crippen molar-refractivity contribution in [1.82, 2.24) is 4.90 Å². The smallest absolute Gasteiger partial charge is 0.306 e. The maximum absolute atomic E-state index is 13.3. The summed E-state index contributed by atoms with van der Waals surface area (Å²) in [6, 6.07) is 0. The van der Waals surface area contributed by atoms with Gasteiger partial charge in [0.25, 0.3) is 0 Å². The number of unbranched alkanes of at least 4 members (excludes halogenated alkanes) is 17. The Kier molecular flexibility index (Phi) is 38.1. The largest absolute Gasteiger partial charge is 0.466 e. The molecule has 0 aliphatic heterocycles. The van der Waals surface area contributed by atoms with Crippen LogP contribution >= 0.6 is 0 Å². The molecule has 7 heteroatoms. The van der Waals surface area contributed by atoms with E-state index in [2.05, 4.69) is 51.7 Å². The minimum atomic E-state index is -0.219. The molecule has 0 bridgehead atoms. The molecule has 1 aliphatic carbocycles. The molecule has 1 fully saturated rings. The van der Waals surface area contributed by atoms with E-state index < -0.39 is 0 Å². The highest BCUT2D eigenvalue weighted by Crippen LogP contribution is 2.39. The SMILES string of the molecule is CC/C=C\CC1C(CC(=O)OCCC(CCCCCCCCCCCCCCCCCC)OC(=O)CCCCC(CC)C(CCC)CCCC)CCC1OC(=O)CCCN(C)C. The first-order valence-electron chi connectivity index (χ1n) is 27.0. The molecule has 6 unspecified atom stereocenters. The lowest BCUT2D eigenvalue weighted by Crippen LogP contribution is -2.27. The Bertz CT molecular complexity index is 1090. The van der Waals surface area contributed by atoms with Crippen LogP contribution in [0.15, 0.2) is 12.2 Å². The summed E-state index contributed by atoms with van der Waals surface area (Å²) in [6.45, 7) is 12.5. The zero-order valence-corrected chi connectivity index (χ0v) is 42.2. The van der Waals surface area contributed by atoms with E-state index >= 15 is 0 Å². The number of allylic oxidation sites excluding steroid dienone is 2. The number of rotatable bonds is 43. The van der Waals surface area contributed by atoms with Gasteiger partial charge in [0.05, 0.1) is 6.61 Å². The Labute approximate surface area is 384 Å². The van der Waals surface area contributed by atoms with Crippen molar-refractivity contribution in [2.24, 2.45) is 23.7 Å². The van der Waals surface area contributed by atoms with Crippen molar-refractivity contribution in [3.8, 4) is 0 Å². The summed E-state index contributed by atoms with van der Waals surface area (Å²) in [7, 11) is 4.02. The van der Waals surface area contributed by atoms with Gasteiger partial charge in [-0.25, -0.2) is 0 Å². The van der Waals surface area contributed by atoms with Gasteiger partial charge >= 0.3 is 17.9 Å². The second kappa shape index (κ2) is 40.6. The lowest BCUT2D eigenvalue weighted by Gasteiger charge is -2.26. The minimum Gasteiger partial charge on any atom is -0.466 e. The molecule has 0 aromatic rings. The molecule has 1 aliphatic rings. The highest BCUT2D eigenvalue weighted by molar-refractivity contribution is 5.71. The molecule has 62 heavy (non-hydrogen) atoms. The van der Waals surface area contributed by atoms with Crippen LogP contribution in [0.4, 0.5) is 0 Å². The van der Waals surface area contributed by atoms with Gasteiger partial charge in [-0.15, -0.1) is 0 Å². The van der Waals surface area contributed by atoms with Gasteiger partial charge in [-0.2, -0.15) is 0 Å². The third-order valence-electron chi connectivity index (χ3n) is 13.8. The zero-order valence-electron chi connectivity index (χ0n) is 42.2. The van der Waals surface area contributed by atoms with E-state index in [1.54, 1.807) is 0 Å². The topological polar surface area (TPSA) is 82.1 Å². The number of hydrogen-bond acceptors (Lipinski definition) is 7. The van der Waals surface area contributed by atoms with Crippen molar-refractivity contribution in [2.45, 2.75) is 272 Å². The Hall–Kier alpha value is -1.89. The second-order valence-electron chi connectivity index (χ2n) is 19.6. The van der Waals surface area contributed by atoms with Gasteiger partial charge in [0.1, 0.15) is 12.2 Å². The average molecular weight is 874 g/mol. The molecule has 0 aromatic heterocycles. The number of ether oxygens (including phenoxy) is 3. The summed E-state index contributed by atoms with van der Waals surface area (Å²) in [6.07, 6.45) is 42.9. The number of esters is 3. The van der Waals surface area contributed by atoms with Gasteiger partial charge in [-0.05, 0) is 89.8 Å². The number of carbonyl (C=O) groups is 3. The first-order chi connectivity index (χ1) is 30.2. The predicted octanol–water partition coefficient (Wildman–Crippen LogP) is 15.7. The van der Waals surface area contributed by atoms with Crippen LogP contribution < -0.4 is 0 Å². The van der Waals surface area contributed by atoms with Crippen molar-refractivity contribution in [1.29, 1.82) is 0 Å². The van der Waals surface area contributed by atoms with Gasteiger partial charge in [-0.1, -0.05) is 194 Å². The molecule has 0 radical (unpaired) electrons. The van der Waals surface area contributed by atoms with Crippen LogP contribution in [-0.4, -0.2) is 62.3 Å². The Morgan fingerprint density at radius 2 is 1.15 bits per heavy atom. The van der Waals surface area contributed by atoms with E-state index in [4.69, 9.17) is 14.2 Å². The fourth-order valence-electron chi connectivity index (χ4n) is 9.95. The molecule has 6 atom stereocenters. The van der Waals surface area contributed by atoms with Crippen molar-refractivity contribution in [3.05, 3.63) is 12.2 Å². The summed E-state index contributed by atoms with van der Waals surface area (Å²) in [4.78, 5) is 41.3. The van der Waals surface area contributed by atoms with Gasteiger partial charge in [-0.3, -0.25) is 14.4 Å². The van der Waals surface area contributed by atoms with E-state index in [9.17, 15) is 14.4 Å². The Balaban J connectivity index is 2.63. The summed E-state index contributed by atoms with van der Waals surface area (Å²) in [5.74, 6) is 1.37. The van der Waals surface area contributed by atoms with Crippen LogP contribution in [-0.2, 0) is 28.6 Å². The molecule has 364 valence electrons. The Morgan fingerprint density at radius 3 is 1.73 bits per heavy atom. The Morgan fingerprint density at radius 1 is 0.565 bits per heavy atom. The van der Waals surface area contributed by atoms with Crippen LogP contribution in [0.25, 0.3) is 0 Å². The summed E-state index contributed by atoms with van der Waals surface area (Å²) in [5.41, 5.74) is 0. The van der Waals surface area contributed by atoms with Crippen molar-refractivity contribution in [3.63, 3.8) is 0 Å². The van der Waals surface area contributed by atoms with Crippen molar-refractivity contribution < 1.29 is 28.6 Å². The predicted molar refractivity (Wildman–Crippen MR) is 262 cm³/mol. The maximum Gasteiger partial charge on any atom is 0.306 e. The van der Waals surface area contributed by atoms with E-state index in [0.29, 0.717) is 25.7 Å². The van der Waals surface area contributed by atoms with E-state index in [0.717, 1.165) is 82.6 Å². The molecule has 0 spiro atoms. The standard InChI is InChI=1S/C55H103NO6/c1-8-13-16-17-18-19-20-21-22-23-24-25-26-27-28-30-37-50(61-53(57)39-32-31-36-47(12-5)48(34-11-4)35-15-10-3)43-45-60-55(59)46-49-41-42-52(51(49)38-29-14-9-2)62-54(58)40-33-44-56(6)7/h14,29,47-52H,8-13,15-28,30-46H2,1-7H3/b29-14-. The normalized spacial score (nSPS) is 18.0. The highest BCUT2D eigenvalue weighted by atomic mass is 16.6. The van der Waals surface area contributed by atoms with Crippen molar-refractivity contribution in [2.75, 3.05) is 27.2 Å². The van der Waals surface area contributed by atoms with E-state index in [1.165, 1.54) is 135 Å². The molecule has 0 N–H and O–H groups in total. The zero-order chi connectivity index (χ0) is 45.5. The molecular weight excluding hydrogens is 771 g/mol. The molecule has 0 aromatic carbocycles. The third-order valence-corrected chi connectivity index (χ3v) is 13.8. The van der Waals surface area contributed by atoms with Crippen LogP contribution in [0.5, 0.6) is 0 Å². The number of carbonyl (C=O) groups excluding carboxylic acids is 3. The van der Waals surface area contributed by atoms with Crippen LogP contribution in [0, 0.1) is 23.7 Å². The van der Waals surface area contributed by atoms with Gasteiger partial charge in [0.2, 0.25) is 0 Å². The lowest BCUT2D eigenvalue weighted by atomic mass is 9.80. The molecule has 0 amide bonds. The van der Waals surface area contributed by atoms with E-state index in [1.807, 2.05) is 14.1 Å². The summed E-state index contributed by atoms with van der Waals surface area (Å²) in [5, 5.41) is 0. The first-order valence-corrected chi connectivity index (χ1v) is 27.0. The molecule has 0 heterocycles. The quantitative estimate of drug-likeness (QED) is 0.0261. The monoisotopic (exact) mass is 874 g/mol. The number of nitrogens with zero attached hydrogens (tertiary/aromatic N) is 1. The van der Waals surface area contributed by atoms with Crippen LogP contribution in [0.3, 0.4) is 0 Å². The van der Waals surface area contributed by atoms with E-state index in [-0.39, 0.29) is 48.6 Å². The highest BCUT2D eigenvalue weighted by Gasteiger charge is 2.39. The first kappa shape index (κ1) is 58.1. The van der Waals surface area contributed by atoms with Crippen LogP contribution in [0.1, 0.15) is 259 Å². The number of hydrogen-bond donors (Lipinski definition) is 0. The average Bonchev–Trinajstić information content (AvgIpc) is 3.61. The fourth-order valence-corrected chi connectivity index (χ4v) is 9.95. The molecule has 7 nitrogen and oxygen atoms in total. The van der Waals surface area contributed by atoms with Gasteiger partial charge < -0.3 is 19.1 Å². The minimum absolute atomic E-state index is 0.0989. The molecule has 1 rings (SSSR count). The summed E-state index contributed by atoms with van der Waals surface area (Å²) < 4.78 is 18.0. The summed E-state index contributed by atoms with van der Waals surface area (Å²) >= 11 is 0. The fraction of sp³-hybridized carbons (Fsp3) is 0.909. The molecular formula is C55H103NO6. The third kappa shape index (κ3) is 31.1. The van der Waals surface area contributed by atoms with Gasteiger partial charge in [0, 0.05) is 31.6 Å².